The minimum atomic E-state index is 0.0743. The van der Waals surface area contributed by atoms with Crippen molar-refractivity contribution in [2.24, 2.45) is 0 Å². The van der Waals surface area contributed by atoms with Gasteiger partial charge in [-0.1, -0.05) is 6.07 Å². The highest BCUT2D eigenvalue weighted by Gasteiger charge is 2.26. The first-order valence-electron chi connectivity index (χ1n) is 10.1. The molecule has 2 aromatic rings. The number of hydrogen-bond donors (Lipinski definition) is 0. The molecule has 2 saturated heterocycles. The van der Waals surface area contributed by atoms with Crippen LogP contribution in [0.25, 0.3) is 0 Å². The predicted molar refractivity (Wildman–Crippen MR) is 111 cm³/mol. The van der Waals surface area contributed by atoms with E-state index in [1.165, 1.54) is 4.88 Å². The Labute approximate surface area is 170 Å². The van der Waals surface area contributed by atoms with Crippen LogP contribution >= 0.6 is 11.3 Å². The molecule has 0 radical (unpaired) electrons. The summed E-state index contributed by atoms with van der Waals surface area (Å²) in [6, 6.07) is 9.86. The fraction of sp³-hybridized carbons (Fsp3) is 0.500. The number of ether oxygens (including phenoxy) is 2. The minimum Gasteiger partial charge on any atom is -0.497 e. The van der Waals surface area contributed by atoms with Crippen LogP contribution in [0.2, 0.25) is 0 Å². The van der Waals surface area contributed by atoms with E-state index in [0.29, 0.717) is 11.3 Å². The number of nitrogens with zero attached hydrogens (tertiary/aromatic N) is 2. The van der Waals surface area contributed by atoms with Crippen LogP contribution in [0.1, 0.15) is 40.9 Å². The summed E-state index contributed by atoms with van der Waals surface area (Å²) in [5, 5.41) is 2.13. The molecule has 2 fully saturated rings. The molecule has 0 unspecified atom stereocenters. The van der Waals surface area contributed by atoms with Gasteiger partial charge in [0.15, 0.2) is 0 Å². The molecule has 0 bridgehead atoms. The van der Waals surface area contributed by atoms with E-state index in [0.717, 1.165) is 64.2 Å². The zero-order chi connectivity index (χ0) is 19.3. The third kappa shape index (κ3) is 4.50. The number of carbonyl (C=O) groups is 1. The van der Waals surface area contributed by atoms with Crippen molar-refractivity contribution < 1.29 is 14.3 Å². The Morgan fingerprint density at radius 2 is 1.93 bits per heavy atom. The van der Waals surface area contributed by atoms with Crippen molar-refractivity contribution in [3.8, 4) is 11.5 Å². The first-order chi connectivity index (χ1) is 13.7. The normalized spacial score (nSPS) is 18.4. The number of amides is 1. The van der Waals surface area contributed by atoms with Crippen LogP contribution in [-0.2, 0) is 6.54 Å². The number of thiophene rings is 1. The molecule has 1 aromatic carbocycles. The van der Waals surface area contributed by atoms with Gasteiger partial charge in [0, 0.05) is 43.7 Å². The average molecular weight is 401 g/mol. The lowest BCUT2D eigenvalue weighted by molar-refractivity contribution is 0.0765. The van der Waals surface area contributed by atoms with Crippen LogP contribution in [0.15, 0.2) is 35.7 Å². The molecule has 0 saturated carbocycles. The van der Waals surface area contributed by atoms with Crippen LogP contribution in [0.3, 0.4) is 0 Å². The van der Waals surface area contributed by atoms with Crippen molar-refractivity contribution in [3.63, 3.8) is 0 Å². The second kappa shape index (κ2) is 8.97. The van der Waals surface area contributed by atoms with Gasteiger partial charge in [-0.15, -0.1) is 11.3 Å². The van der Waals surface area contributed by atoms with Gasteiger partial charge in [-0.25, -0.2) is 0 Å². The molecular formula is C22H28N2O3S. The quantitative estimate of drug-likeness (QED) is 0.734. The van der Waals surface area contributed by atoms with E-state index >= 15 is 0 Å². The van der Waals surface area contributed by atoms with Gasteiger partial charge in [0.05, 0.1) is 12.7 Å². The maximum Gasteiger partial charge on any atom is 0.257 e. The molecule has 1 aromatic heterocycles. The summed E-state index contributed by atoms with van der Waals surface area (Å²) >= 11 is 1.81. The maximum absolute atomic E-state index is 12.9. The number of likely N-dealkylation sites (tertiary alicyclic amines) is 2. The Morgan fingerprint density at radius 1 is 1.14 bits per heavy atom. The molecule has 0 spiro atoms. The van der Waals surface area contributed by atoms with Gasteiger partial charge >= 0.3 is 0 Å². The lowest BCUT2D eigenvalue weighted by atomic mass is 10.1. The fourth-order valence-electron chi connectivity index (χ4n) is 3.98. The lowest BCUT2D eigenvalue weighted by Crippen LogP contribution is -2.38. The standard InChI is InChI=1S/C22H28N2O3S/c1-26-18-6-7-20(22(25)24-10-2-3-11-24)21(15-18)27-17-8-12-23(13-9-17)16-19-5-4-14-28-19/h4-7,14-15,17H,2-3,8-13,16H2,1H3. The number of methoxy groups -OCH3 is 1. The monoisotopic (exact) mass is 400 g/mol. The van der Waals surface area contributed by atoms with E-state index < -0.39 is 0 Å². The second-order valence-corrected chi connectivity index (χ2v) is 8.57. The lowest BCUT2D eigenvalue weighted by Gasteiger charge is -2.32. The Kier molecular flexibility index (Phi) is 6.17. The van der Waals surface area contributed by atoms with Gasteiger partial charge in [-0.05, 0) is 49.3 Å². The third-order valence-electron chi connectivity index (χ3n) is 5.60. The minimum absolute atomic E-state index is 0.0743. The van der Waals surface area contributed by atoms with Gasteiger partial charge in [-0.2, -0.15) is 0 Å². The molecule has 28 heavy (non-hydrogen) atoms. The molecule has 4 rings (SSSR count). The topological polar surface area (TPSA) is 42.0 Å². The molecule has 0 N–H and O–H groups in total. The molecule has 2 aliphatic rings. The number of piperidine rings is 1. The molecule has 6 heteroatoms. The van der Waals surface area contributed by atoms with Crippen molar-refractivity contribution >= 4 is 17.2 Å². The average Bonchev–Trinajstić information content (AvgIpc) is 3.43. The highest BCUT2D eigenvalue weighted by atomic mass is 32.1. The van der Waals surface area contributed by atoms with Crippen molar-refractivity contribution in [1.82, 2.24) is 9.80 Å². The summed E-state index contributed by atoms with van der Waals surface area (Å²) in [5.74, 6) is 1.46. The van der Waals surface area contributed by atoms with E-state index in [1.807, 2.05) is 34.4 Å². The Morgan fingerprint density at radius 3 is 2.61 bits per heavy atom. The zero-order valence-corrected chi connectivity index (χ0v) is 17.2. The maximum atomic E-state index is 12.9. The van der Waals surface area contributed by atoms with Crippen LogP contribution in [0.5, 0.6) is 11.5 Å². The summed E-state index contributed by atoms with van der Waals surface area (Å²) in [6.07, 6.45) is 4.25. The molecule has 5 nitrogen and oxygen atoms in total. The molecular weight excluding hydrogens is 372 g/mol. The SMILES string of the molecule is COc1ccc(C(=O)N2CCCC2)c(OC2CCN(Cc3cccs3)CC2)c1. The highest BCUT2D eigenvalue weighted by Crippen LogP contribution is 2.30. The third-order valence-corrected chi connectivity index (χ3v) is 6.46. The number of benzene rings is 1. The summed E-state index contributed by atoms with van der Waals surface area (Å²) in [6.45, 7) is 4.73. The van der Waals surface area contributed by atoms with Crippen LogP contribution in [0, 0.1) is 0 Å². The molecule has 2 aliphatic heterocycles. The summed E-state index contributed by atoms with van der Waals surface area (Å²) in [7, 11) is 1.64. The van der Waals surface area contributed by atoms with Crippen molar-refractivity contribution in [1.29, 1.82) is 0 Å². The fourth-order valence-corrected chi connectivity index (χ4v) is 4.73. The number of carbonyl (C=O) groups excluding carboxylic acids is 1. The molecule has 3 heterocycles. The Bertz CT molecular complexity index is 779. The van der Waals surface area contributed by atoms with Crippen LogP contribution < -0.4 is 9.47 Å². The van der Waals surface area contributed by atoms with Gasteiger partial charge in [0.2, 0.25) is 0 Å². The summed E-state index contributed by atoms with van der Waals surface area (Å²) in [5.41, 5.74) is 0.656. The van der Waals surface area contributed by atoms with Crippen LogP contribution in [-0.4, -0.2) is 55.1 Å². The van der Waals surface area contributed by atoms with Gasteiger partial charge in [-0.3, -0.25) is 9.69 Å². The molecule has 150 valence electrons. The molecule has 0 atom stereocenters. The first kappa shape index (κ1) is 19.3. The van der Waals surface area contributed by atoms with E-state index in [-0.39, 0.29) is 12.0 Å². The molecule has 1 amide bonds. The van der Waals surface area contributed by atoms with Crippen LogP contribution in [0.4, 0.5) is 0 Å². The largest absolute Gasteiger partial charge is 0.497 e. The molecule has 0 aliphatic carbocycles. The smallest absolute Gasteiger partial charge is 0.257 e. The van der Waals surface area contributed by atoms with Crippen molar-refractivity contribution in [2.75, 3.05) is 33.3 Å². The van der Waals surface area contributed by atoms with Gasteiger partial charge in [0.1, 0.15) is 17.6 Å². The number of rotatable bonds is 6. The number of hydrogen-bond acceptors (Lipinski definition) is 5. The van der Waals surface area contributed by atoms with E-state index in [1.54, 1.807) is 7.11 Å². The zero-order valence-electron chi connectivity index (χ0n) is 16.4. The van der Waals surface area contributed by atoms with E-state index in [4.69, 9.17) is 9.47 Å². The second-order valence-electron chi connectivity index (χ2n) is 7.53. The Balaban J connectivity index is 1.41. The first-order valence-corrected chi connectivity index (χ1v) is 11.0. The van der Waals surface area contributed by atoms with E-state index in [9.17, 15) is 4.79 Å². The summed E-state index contributed by atoms with van der Waals surface area (Å²) in [4.78, 5) is 18.8. The summed E-state index contributed by atoms with van der Waals surface area (Å²) < 4.78 is 11.7. The van der Waals surface area contributed by atoms with E-state index in [2.05, 4.69) is 22.4 Å². The predicted octanol–water partition coefficient (Wildman–Crippen LogP) is 4.04. The van der Waals surface area contributed by atoms with Gasteiger partial charge < -0.3 is 14.4 Å². The Hall–Kier alpha value is -2.05. The van der Waals surface area contributed by atoms with Gasteiger partial charge in [0.25, 0.3) is 5.91 Å². The highest BCUT2D eigenvalue weighted by molar-refractivity contribution is 7.09. The van der Waals surface area contributed by atoms with Crippen molar-refractivity contribution in [3.05, 3.63) is 46.2 Å². The van der Waals surface area contributed by atoms with Crippen molar-refractivity contribution in [2.45, 2.75) is 38.3 Å².